The molecule has 0 N–H and O–H groups in total. The minimum Gasteiger partial charge on any atom is -0.496 e. The molecule has 0 spiro atoms. The molecule has 3 aromatic rings. The van der Waals surface area contributed by atoms with Gasteiger partial charge in [0, 0.05) is 17.8 Å². The van der Waals surface area contributed by atoms with Crippen molar-refractivity contribution in [3.05, 3.63) is 60.0 Å². The number of hydrogen-bond acceptors (Lipinski definition) is 6. The summed E-state index contributed by atoms with van der Waals surface area (Å²) in [6.45, 7) is 2.62. The molecule has 0 aliphatic carbocycles. The fourth-order valence-corrected chi connectivity index (χ4v) is 2.99. The highest BCUT2D eigenvalue weighted by Gasteiger charge is 2.19. The van der Waals surface area contributed by atoms with E-state index < -0.39 is 0 Å². The Morgan fingerprint density at radius 3 is 2.84 bits per heavy atom. The van der Waals surface area contributed by atoms with Crippen LogP contribution >= 0.6 is 0 Å². The molecular formula is C19H19N3O3. The van der Waals surface area contributed by atoms with Crippen molar-refractivity contribution in [2.75, 3.05) is 25.2 Å². The molecule has 0 amide bonds. The van der Waals surface area contributed by atoms with Gasteiger partial charge >= 0.3 is 0 Å². The summed E-state index contributed by atoms with van der Waals surface area (Å²) in [6, 6.07) is 15.9. The molecule has 6 heteroatoms. The van der Waals surface area contributed by atoms with E-state index in [-0.39, 0.29) is 0 Å². The fraction of sp³-hybridized carbons (Fsp3) is 0.263. The van der Waals surface area contributed by atoms with Crippen LogP contribution in [0.15, 0.2) is 52.9 Å². The van der Waals surface area contributed by atoms with Crippen LogP contribution in [-0.2, 0) is 17.9 Å². The van der Waals surface area contributed by atoms with Crippen molar-refractivity contribution in [2.45, 2.75) is 13.2 Å². The van der Waals surface area contributed by atoms with Crippen LogP contribution < -0.4 is 9.64 Å². The zero-order valence-electron chi connectivity index (χ0n) is 14.0. The topological polar surface area (TPSA) is 60.6 Å². The average Bonchev–Trinajstić information content (AvgIpc) is 3.03. The van der Waals surface area contributed by atoms with Crippen LogP contribution in [0, 0.1) is 0 Å². The third-order valence-electron chi connectivity index (χ3n) is 4.23. The number of para-hydroxylation sites is 2. The number of benzene rings is 2. The third kappa shape index (κ3) is 3.21. The molecule has 128 valence electrons. The largest absolute Gasteiger partial charge is 0.496 e. The zero-order chi connectivity index (χ0) is 17.1. The summed E-state index contributed by atoms with van der Waals surface area (Å²) >= 11 is 0. The third-order valence-corrected chi connectivity index (χ3v) is 4.23. The van der Waals surface area contributed by atoms with Gasteiger partial charge in [-0.3, -0.25) is 0 Å². The molecule has 6 nitrogen and oxygen atoms in total. The van der Waals surface area contributed by atoms with Crippen molar-refractivity contribution < 1.29 is 13.9 Å². The smallest absolute Gasteiger partial charge is 0.251 e. The highest BCUT2D eigenvalue weighted by molar-refractivity contribution is 5.62. The first-order chi connectivity index (χ1) is 12.3. The first-order valence-electron chi connectivity index (χ1n) is 8.21. The molecule has 0 unspecified atom stereocenters. The van der Waals surface area contributed by atoms with Gasteiger partial charge in [0.25, 0.3) is 5.89 Å². The van der Waals surface area contributed by atoms with E-state index in [0.717, 1.165) is 17.8 Å². The second-order valence-electron chi connectivity index (χ2n) is 5.80. The summed E-state index contributed by atoms with van der Waals surface area (Å²) in [4.78, 5) is 2.21. The van der Waals surface area contributed by atoms with E-state index >= 15 is 0 Å². The van der Waals surface area contributed by atoms with E-state index in [4.69, 9.17) is 13.9 Å². The van der Waals surface area contributed by atoms with Crippen LogP contribution in [0.5, 0.6) is 5.75 Å². The molecule has 1 aliphatic heterocycles. The van der Waals surface area contributed by atoms with Crippen molar-refractivity contribution in [3.8, 4) is 17.2 Å². The number of hydrogen-bond donors (Lipinski definition) is 0. The summed E-state index contributed by atoms with van der Waals surface area (Å²) in [5.41, 5.74) is 3.12. The summed E-state index contributed by atoms with van der Waals surface area (Å²) in [7, 11) is 1.63. The summed E-state index contributed by atoms with van der Waals surface area (Å²) < 4.78 is 16.9. The number of fused-ring (bicyclic) bond motifs is 1. The molecule has 1 aromatic heterocycles. The highest BCUT2D eigenvalue weighted by atomic mass is 16.5. The molecule has 0 atom stereocenters. The molecule has 0 fully saturated rings. The Kier molecular flexibility index (Phi) is 4.35. The first-order valence-corrected chi connectivity index (χ1v) is 8.21. The quantitative estimate of drug-likeness (QED) is 0.728. The molecule has 0 saturated heterocycles. The summed E-state index contributed by atoms with van der Waals surface area (Å²) in [5, 5.41) is 8.40. The lowest BCUT2D eigenvalue weighted by Gasteiger charge is -2.22. The van der Waals surface area contributed by atoms with Gasteiger partial charge in [0.2, 0.25) is 5.89 Å². The first kappa shape index (κ1) is 15.7. The van der Waals surface area contributed by atoms with Gasteiger partial charge in [-0.2, -0.15) is 0 Å². The van der Waals surface area contributed by atoms with Crippen molar-refractivity contribution in [3.63, 3.8) is 0 Å². The normalized spacial score (nSPS) is 14.0. The molecule has 0 radical (unpaired) electrons. The van der Waals surface area contributed by atoms with Gasteiger partial charge in [-0.1, -0.05) is 30.3 Å². The van der Waals surface area contributed by atoms with Gasteiger partial charge in [-0.05, 0) is 18.2 Å². The lowest BCUT2D eigenvalue weighted by atomic mass is 10.1. The predicted molar refractivity (Wildman–Crippen MR) is 93.4 cm³/mol. The second-order valence-corrected chi connectivity index (χ2v) is 5.80. The van der Waals surface area contributed by atoms with Crippen LogP contribution in [0.2, 0.25) is 0 Å². The average molecular weight is 337 g/mol. The monoisotopic (exact) mass is 337 g/mol. The van der Waals surface area contributed by atoms with Gasteiger partial charge in [0.15, 0.2) is 0 Å². The molecule has 0 saturated carbocycles. The highest BCUT2D eigenvalue weighted by Crippen LogP contribution is 2.29. The Hall–Kier alpha value is -2.86. The van der Waals surface area contributed by atoms with Crippen LogP contribution in [0.4, 0.5) is 5.69 Å². The van der Waals surface area contributed by atoms with E-state index in [9.17, 15) is 0 Å². The Morgan fingerprint density at radius 2 is 1.92 bits per heavy atom. The standard InChI is InChI=1S/C19H19N3O3/c1-23-17-9-5-3-7-15(17)19-21-20-18(25-19)12-22-10-11-24-13-14-6-2-4-8-16(14)22/h2-9H,10-13H2,1H3. The maximum atomic E-state index is 5.89. The number of anilines is 1. The van der Waals surface area contributed by atoms with Crippen molar-refractivity contribution in [1.29, 1.82) is 0 Å². The van der Waals surface area contributed by atoms with Gasteiger partial charge in [0.05, 0.1) is 32.4 Å². The van der Waals surface area contributed by atoms with Crippen molar-refractivity contribution >= 4 is 5.69 Å². The number of nitrogens with zero attached hydrogens (tertiary/aromatic N) is 3. The van der Waals surface area contributed by atoms with E-state index in [2.05, 4.69) is 27.2 Å². The van der Waals surface area contributed by atoms with Crippen LogP contribution in [0.25, 0.3) is 11.5 Å². The lowest BCUT2D eigenvalue weighted by Crippen LogP contribution is -2.25. The summed E-state index contributed by atoms with van der Waals surface area (Å²) in [5.74, 6) is 1.75. The van der Waals surface area contributed by atoms with Gasteiger partial charge in [-0.15, -0.1) is 10.2 Å². The molecule has 4 rings (SSSR count). The Labute approximate surface area is 146 Å². The second kappa shape index (κ2) is 6.94. The Bertz CT molecular complexity index is 862. The molecule has 2 heterocycles. The van der Waals surface area contributed by atoms with Gasteiger partial charge < -0.3 is 18.8 Å². The Balaban J connectivity index is 1.59. The van der Waals surface area contributed by atoms with Gasteiger partial charge in [-0.25, -0.2) is 0 Å². The minimum absolute atomic E-state index is 0.465. The molecular weight excluding hydrogens is 318 g/mol. The summed E-state index contributed by atoms with van der Waals surface area (Å²) in [6.07, 6.45) is 0. The van der Waals surface area contributed by atoms with Gasteiger partial charge in [0.1, 0.15) is 5.75 Å². The van der Waals surface area contributed by atoms with E-state index in [1.807, 2.05) is 36.4 Å². The molecule has 1 aliphatic rings. The van der Waals surface area contributed by atoms with Crippen molar-refractivity contribution in [1.82, 2.24) is 10.2 Å². The lowest BCUT2D eigenvalue weighted by molar-refractivity contribution is 0.132. The number of aromatic nitrogens is 2. The SMILES string of the molecule is COc1ccccc1-c1nnc(CN2CCOCc3ccccc32)o1. The predicted octanol–water partition coefficient (Wildman–Crippen LogP) is 3.28. The van der Waals surface area contributed by atoms with E-state index in [1.165, 1.54) is 5.56 Å². The van der Waals surface area contributed by atoms with Crippen LogP contribution in [-0.4, -0.2) is 30.5 Å². The number of ether oxygens (including phenoxy) is 2. The number of rotatable bonds is 4. The fourth-order valence-electron chi connectivity index (χ4n) is 2.99. The maximum absolute atomic E-state index is 5.89. The molecule has 2 aromatic carbocycles. The number of methoxy groups -OCH3 is 1. The van der Waals surface area contributed by atoms with Crippen LogP contribution in [0.1, 0.15) is 11.5 Å². The minimum atomic E-state index is 0.465. The molecule has 0 bridgehead atoms. The van der Waals surface area contributed by atoms with E-state index in [1.54, 1.807) is 7.11 Å². The van der Waals surface area contributed by atoms with Crippen molar-refractivity contribution in [2.24, 2.45) is 0 Å². The Morgan fingerprint density at radius 1 is 1.08 bits per heavy atom. The molecule has 25 heavy (non-hydrogen) atoms. The van der Waals surface area contributed by atoms with Crippen LogP contribution in [0.3, 0.4) is 0 Å². The maximum Gasteiger partial charge on any atom is 0.251 e. The zero-order valence-corrected chi connectivity index (χ0v) is 14.0. The van der Waals surface area contributed by atoms with E-state index in [0.29, 0.717) is 37.3 Å².